The van der Waals surface area contributed by atoms with Gasteiger partial charge in [-0.05, 0) is 38.3 Å². The minimum absolute atomic E-state index is 0.0124. The number of amides is 1. The molecule has 3 rings (SSSR count). The Kier molecular flexibility index (Phi) is 3.92. The van der Waals surface area contributed by atoms with E-state index in [0.29, 0.717) is 18.9 Å². The van der Waals surface area contributed by atoms with E-state index in [2.05, 4.69) is 10.3 Å². The molecule has 0 aliphatic heterocycles. The third-order valence-electron chi connectivity index (χ3n) is 3.90. The average Bonchev–Trinajstić information content (AvgIpc) is 3.23. The van der Waals surface area contributed by atoms with Gasteiger partial charge in [0.15, 0.2) is 0 Å². The van der Waals surface area contributed by atoms with Crippen LogP contribution in [0, 0.1) is 0 Å². The Morgan fingerprint density at radius 2 is 2.24 bits per heavy atom. The molecule has 2 N–H and O–H groups in total. The van der Waals surface area contributed by atoms with Gasteiger partial charge in [-0.15, -0.1) is 0 Å². The summed E-state index contributed by atoms with van der Waals surface area (Å²) >= 11 is 0. The second-order valence-corrected chi connectivity index (χ2v) is 5.80. The molecule has 1 amide bonds. The monoisotopic (exact) mass is 287 g/mol. The van der Waals surface area contributed by atoms with Crippen LogP contribution in [0.5, 0.6) is 0 Å². The predicted octanol–water partition coefficient (Wildman–Crippen LogP) is 1.80. The highest BCUT2D eigenvalue weighted by atomic mass is 16.3. The van der Waals surface area contributed by atoms with E-state index in [4.69, 9.17) is 5.11 Å². The molecule has 0 bridgehead atoms. The first-order valence-electron chi connectivity index (χ1n) is 7.54. The van der Waals surface area contributed by atoms with Crippen LogP contribution in [0.2, 0.25) is 0 Å². The van der Waals surface area contributed by atoms with Crippen molar-refractivity contribution in [3.05, 3.63) is 30.1 Å². The predicted molar refractivity (Wildman–Crippen MR) is 81.0 cm³/mol. The quantitative estimate of drug-likeness (QED) is 0.851. The number of hydrogen-bond donors (Lipinski definition) is 2. The van der Waals surface area contributed by atoms with Gasteiger partial charge in [-0.1, -0.05) is 12.1 Å². The maximum atomic E-state index is 12.2. The third kappa shape index (κ3) is 3.08. The fourth-order valence-electron chi connectivity index (χ4n) is 2.64. The number of benzene rings is 1. The van der Waals surface area contributed by atoms with Crippen LogP contribution < -0.4 is 5.32 Å². The number of rotatable bonds is 6. The van der Waals surface area contributed by atoms with E-state index in [1.165, 1.54) is 0 Å². The van der Waals surface area contributed by atoms with Gasteiger partial charge in [-0.3, -0.25) is 4.79 Å². The third-order valence-corrected chi connectivity index (χ3v) is 3.90. The molecule has 1 aromatic heterocycles. The summed E-state index contributed by atoms with van der Waals surface area (Å²) in [5, 5.41) is 11.8. The summed E-state index contributed by atoms with van der Waals surface area (Å²) in [6, 6.07) is 7.94. The van der Waals surface area contributed by atoms with Crippen LogP contribution in [0.15, 0.2) is 24.3 Å². The lowest BCUT2D eigenvalue weighted by Crippen LogP contribution is -2.35. The van der Waals surface area contributed by atoms with Crippen LogP contribution >= 0.6 is 0 Å². The number of hydrogen-bond acceptors (Lipinski definition) is 3. The molecule has 0 radical (unpaired) electrons. The summed E-state index contributed by atoms with van der Waals surface area (Å²) in [7, 11) is 0. The van der Waals surface area contributed by atoms with E-state index in [1.807, 2.05) is 35.8 Å². The largest absolute Gasteiger partial charge is 0.396 e. The lowest BCUT2D eigenvalue weighted by atomic mass is 10.2. The van der Waals surface area contributed by atoms with Crippen molar-refractivity contribution >= 4 is 16.9 Å². The molecule has 1 saturated carbocycles. The van der Waals surface area contributed by atoms with Crippen LogP contribution in [0.1, 0.15) is 37.9 Å². The molecule has 1 heterocycles. The van der Waals surface area contributed by atoms with Crippen molar-refractivity contribution in [2.24, 2.45) is 0 Å². The topological polar surface area (TPSA) is 67.2 Å². The molecule has 5 nitrogen and oxygen atoms in total. The highest BCUT2D eigenvalue weighted by molar-refractivity contribution is 5.81. The minimum atomic E-state index is -0.0268. The van der Waals surface area contributed by atoms with Gasteiger partial charge in [0.05, 0.1) is 11.0 Å². The van der Waals surface area contributed by atoms with Gasteiger partial charge in [-0.2, -0.15) is 0 Å². The number of nitrogens with zero attached hydrogens (tertiary/aromatic N) is 2. The van der Waals surface area contributed by atoms with E-state index in [-0.39, 0.29) is 18.6 Å². The molecular formula is C16H21N3O2. The Hall–Kier alpha value is -1.88. The van der Waals surface area contributed by atoms with Gasteiger partial charge in [0.2, 0.25) is 5.91 Å². The molecule has 1 aromatic carbocycles. The van der Waals surface area contributed by atoms with E-state index < -0.39 is 0 Å². The normalized spacial score (nSPS) is 16.1. The Balaban J connectivity index is 1.82. The molecule has 1 atom stereocenters. The summed E-state index contributed by atoms with van der Waals surface area (Å²) in [5.74, 6) is 1.50. The van der Waals surface area contributed by atoms with Crippen molar-refractivity contribution in [1.82, 2.24) is 14.9 Å². The first-order valence-corrected chi connectivity index (χ1v) is 7.54. The number of para-hydroxylation sites is 2. The molecule has 21 heavy (non-hydrogen) atoms. The van der Waals surface area contributed by atoms with Crippen molar-refractivity contribution < 1.29 is 9.90 Å². The van der Waals surface area contributed by atoms with Gasteiger partial charge >= 0.3 is 0 Å². The van der Waals surface area contributed by atoms with Crippen molar-refractivity contribution in [2.45, 2.75) is 44.7 Å². The summed E-state index contributed by atoms with van der Waals surface area (Å²) in [4.78, 5) is 16.9. The van der Waals surface area contributed by atoms with Gasteiger partial charge in [0, 0.05) is 18.6 Å². The van der Waals surface area contributed by atoms with Gasteiger partial charge in [0.25, 0.3) is 0 Å². The zero-order valence-corrected chi connectivity index (χ0v) is 12.2. The van der Waals surface area contributed by atoms with Crippen molar-refractivity contribution in [2.75, 3.05) is 6.61 Å². The minimum Gasteiger partial charge on any atom is -0.396 e. The summed E-state index contributed by atoms with van der Waals surface area (Å²) in [6.45, 7) is 2.28. The number of aromatic nitrogens is 2. The average molecular weight is 287 g/mol. The second kappa shape index (κ2) is 5.85. The molecule has 1 fully saturated rings. The standard InChI is InChI=1S/C16H21N3O2/c1-11(8-9-20)17-15(21)10-19-14-5-3-2-4-13(14)18-16(19)12-6-7-12/h2-5,11-12,20H,6-10H2,1H3,(H,17,21). The Bertz CT molecular complexity index is 646. The number of nitrogens with one attached hydrogen (secondary N) is 1. The van der Waals surface area contributed by atoms with E-state index in [1.54, 1.807) is 0 Å². The number of carbonyl (C=O) groups excluding carboxylic acids is 1. The highest BCUT2D eigenvalue weighted by Crippen LogP contribution is 2.40. The van der Waals surface area contributed by atoms with E-state index in [9.17, 15) is 4.79 Å². The zero-order chi connectivity index (χ0) is 14.8. The molecule has 0 saturated heterocycles. The van der Waals surface area contributed by atoms with E-state index >= 15 is 0 Å². The van der Waals surface area contributed by atoms with Gasteiger partial charge in [0.1, 0.15) is 12.4 Å². The molecule has 1 aliphatic carbocycles. The molecule has 1 aliphatic rings. The maximum Gasteiger partial charge on any atom is 0.240 e. The van der Waals surface area contributed by atoms with Gasteiger partial charge in [-0.25, -0.2) is 4.98 Å². The van der Waals surface area contributed by atoms with Crippen molar-refractivity contribution in [3.63, 3.8) is 0 Å². The molecule has 112 valence electrons. The zero-order valence-electron chi connectivity index (χ0n) is 12.2. The molecule has 1 unspecified atom stereocenters. The first kappa shape index (κ1) is 14.1. The SMILES string of the molecule is CC(CCO)NC(=O)Cn1c(C2CC2)nc2ccccc21. The Morgan fingerprint density at radius 3 is 2.95 bits per heavy atom. The number of fused-ring (bicyclic) bond motifs is 1. The molecule has 0 spiro atoms. The molecule has 5 heteroatoms. The fraction of sp³-hybridized carbons (Fsp3) is 0.500. The van der Waals surface area contributed by atoms with Crippen LogP contribution in [0.25, 0.3) is 11.0 Å². The van der Waals surface area contributed by atoms with Gasteiger partial charge < -0.3 is 15.0 Å². The van der Waals surface area contributed by atoms with Crippen LogP contribution in [-0.2, 0) is 11.3 Å². The smallest absolute Gasteiger partial charge is 0.240 e. The summed E-state index contributed by atoms with van der Waals surface area (Å²) < 4.78 is 2.04. The Morgan fingerprint density at radius 1 is 1.48 bits per heavy atom. The number of aliphatic hydroxyl groups excluding tert-OH is 1. The number of carbonyl (C=O) groups is 1. The van der Waals surface area contributed by atoms with E-state index in [0.717, 1.165) is 29.7 Å². The first-order chi connectivity index (χ1) is 10.2. The van der Waals surface area contributed by atoms with Crippen LogP contribution in [0.3, 0.4) is 0 Å². The van der Waals surface area contributed by atoms with Crippen molar-refractivity contribution in [1.29, 1.82) is 0 Å². The number of aliphatic hydroxyl groups is 1. The highest BCUT2D eigenvalue weighted by Gasteiger charge is 2.30. The molecular weight excluding hydrogens is 266 g/mol. The Labute approximate surface area is 124 Å². The fourth-order valence-corrected chi connectivity index (χ4v) is 2.64. The summed E-state index contributed by atoms with van der Waals surface area (Å²) in [6.07, 6.45) is 2.89. The maximum absolute atomic E-state index is 12.2. The lowest BCUT2D eigenvalue weighted by Gasteiger charge is -2.14. The summed E-state index contributed by atoms with van der Waals surface area (Å²) in [5.41, 5.74) is 1.97. The second-order valence-electron chi connectivity index (χ2n) is 5.80. The lowest BCUT2D eigenvalue weighted by molar-refractivity contribution is -0.122. The number of imidazole rings is 1. The van der Waals surface area contributed by atoms with Crippen molar-refractivity contribution in [3.8, 4) is 0 Å². The van der Waals surface area contributed by atoms with Crippen LogP contribution in [0.4, 0.5) is 0 Å². The van der Waals surface area contributed by atoms with Crippen LogP contribution in [-0.4, -0.2) is 33.2 Å². The molecule has 2 aromatic rings.